The van der Waals surface area contributed by atoms with E-state index in [9.17, 15) is 0 Å². The molecule has 0 saturated heterocycles. The zero-order valence-corrected chi connectivity index (χ0v) is 11.5. The average molecular weight is 243 g/mol. The van der Waals surface area contributed by atoms with E-state index < -0.39 is 0 Å². The molecule has 2 bridgehead atoms. The smallest absolute Gasteiger partial charge is 0.0130 e. The summed E-state index contributed by atoms with van der Waals surface area (Å²) in [6, 6.07) is 9.89. The first-order valence-corrected chi connectivity index (χ1v) is 7.68. The van der Waals surface area contributed by atoms with Crippen molar-refractivity contribution in [3.63, 3.8) is 0 Å². The van der Waals surface area contributed by atoms with Crippen LogP contribution in [0.2, 0.25) is 0 Å². The Balaban J connectivity index is 1.74. The molecular formula is C17H25N. The highest BCUT2D eigenvalue weighted by atomic mass is 14.9. The maximum Gasteiger partial charge on any atom is 0.0130 e. The minimum Gasteiger partial charge on any atom is -0.313 e. The van der Waals surface area contributed by atoms with E-state index in [0.717, 1.165) is 17.9 Å². The van der Waals surface area contributed by atoms with Crippen LogP contribution in [0.5, 0.6) is 0 Å². The first-order valence-electron chi connectivity index (χ1n) is 7.68. The zero-order valence-electron chi connectivity index (χ0n) is 11.5. The third-order valence-electron chi connectivity index (χ3n) is 4.92. The molecule has 2 atom stereocenters. The van der Waals surface area contributed by atoms with Crippen molar-refractivity contribution in [2.45, 2.75) is 51.5 Å². The van der Waals surface area contributed by atoms with Crippen LogP contribution >= 0.6 is 0 Å². The molecule has 1 nitrogen and oxygen atoms in total. The molecule has 2 aliphatic rings. The molecule has 1 saturated carbocycles. The minimum absolute atomic E-state index is 0.781. The van der Waals surface area contributed by atoms with Crippen molar-refractivity contribution in [3.05, 3.63) is 35.4 Å². The Labute approximate surface area is 111 Å². The van der Waals surface area contributed by atoms with Crippen LogP contribution in [-0.4, -0.2) is 12.6 Å². The maximum absolute atomic E-state index is 3.86. The molecule has 1 aromatic carbocycles. The van der Waals surface area contributed by atoms with Gasteiger partial charge in [-0.15, -0.1) is 0 Å². The van der Waals surface area contributed by atoms with Crippen LogP contribution in [0.15, 0.2) is 24.3 Å². The molecule has 1 fully saturated rings. The van der Waals surface area contributed by atoms with Crippen LogP contribution in [0.1, 0.15) is 43.7 Å². The van der Waals surface area contributed by atoms with E-state index in [0.29, 0.717) is 0 Å². The second-order valence-electron chi connectivity index (χ2n) is 6.11. The van der Waals surface area contributed by atoms with Crippen LogP contribution in [0, 0.1) is 11.8 Å². The predicted molar refractivity (Wildman–Crippen MR) is 76.8 cm³/mol. The number of benzene rings is 1. The third-order valence-corrected chi connectivity index (χ3v) is 4.92. The molecule has 3 rings (SSSR count). The second kappa shape index (κ2) is 5.44. The van der Waals surface area contributed by atoms with Gasteiger partial charge in [0, 0.05) is 6.04 Å². The van der Waals surface area contributed by atoms with Crippen LogP contribution in [0.25, 0.3) is 0 Å². The summed E-state index contributed by atoms with van der Waals surface area (Å²) in [4.78, 5) is 0. The molecule has 1 aromatic rings. The van der Waals surface area contributed by atoms with Gasteiger partial charge in [0.25, 0.3) is 0 Å². The van der Waals surface area contributed by atoms with Gasteiger partial charge in [-0.1, -0.05) is 37.6 Å². The van der Waals surface area contributed by atoms with E-state index in [1.807, 2.05) is 0 Å². The summed E-state index contributed by atoms with van der Waals surface area (Å²) in [7, 11) is 0. The molecule has 2 aliphatic carbocycles. The lowest BCUT2D eigenvalue weighted by Crippen LogP contribution is -2.38. The summed E-state index contributed by atoms with van der Waals surface area (Å²) in [5.74, 6) is 1.77. The zero-order chi connectivity index (χ0) is 12.4. The molecule has 18 heavy (non-hydrogen) atoms. The summed E-state index contributed by atoms with van der Waals surface area (Å²) in [5.41, 5.74) is 3.24. The lowest BCUT2D eigenvalue weighted by molar-refractivity contribution is 0.341. The van der Waals surface area contributed by atoms with Crippen molar-refractivity contribution in [1.29, 1.82) is 0 Å². The normalized spacial score (nSPS) is 29.9. The molecule has 1 heteroatoms. The number of nitrogens with one attached hydrogen (secondary N) is 1. The number of hydrogen-bond acceptors (Lipinski definition) is 1. The van der Waals surface area contributed by atoms with Gasteiger partial charge < -0.3 is 5.32 Å². The Morgan fingerprint density at radius 2 is 1.67 bits per heavy atom. The van der Waals surface area contributed by atoms with E-state index in [4.69, 9.17) is 0 Å². The fourth-order valence-electron chi connectivity index (χ4n) is 3.93. The van der Waals surface area contributed by atoms with E-state index in [2.05, 4.69) is 36.5 Å². The lowest BCUT2D eigenvalue weighted by atomic mass is 9.94. The third kappa shape index (κ3) is 2.33. The van der Waals surface area contributed by atoms with Gasteiger partial charge in [-0.2, -0.15) is 0 Å². The Hall–Kier alpha value is -0.820. The molecule has 0 heterocycles. The highest BCUT2D eigenvalue weighted by Gasteiger charge is 2.38. The summed E-state index contributed by atoms with van der Waals surface area (Å²) in [6.45, 7) is 3.49. The summed E-state index contributed by atoms with van der Waals surface area (Å²) >= 11 is 0. The van der Waals surface area contributed by atoms with Crippen molar-refractivity contribution in [3.8, 4) is 0 Å². The van der Waals surface area contributed by atoms with E-state index in [-0.39, 0.29) is 0 Å². The van der Waals surface area contributed by atoms with Crippen molar-refractivity contribution < 1.29 is 0 Å². The van der Waals surface area contributed by atoms with Gasteiger partial charge in [-0.05, 0) is 61.6 Å². The average Bonchev–Trinajstić information content (AvgIpc) is 2.66. The van der Waals surface area contributed by atoms with Crippen molar-refractivity contribution in [1.82, 2.24) is 5.32 Å². The van der Waals surface area contributed by atoms with Crippen LogP contribution in [-0.2, 0) is 12.8 Å². The summed E-state index contributed by atoms with van der Waals surface area (Å²) < 4.78 is 0. The molecule has 0 spiro atoms. The fraction of sp³-hybridized carbons (Fsp3) is 0.647. The van der Waals surface area contributed by atoms with Gasteiger partial charge >= 0.3 is 0 Å². The van der Waals surface area contributed by atoms with Gasteiger partial charge in [0.15, 0.2) is 0 Å². The van der Waals surface area contributed by atoms with E-state index >= 15 is 0 Å². The van der Waals surface area contributed by atoms with E-state index in [1.54, 1.807) is 11.1 Å². The largest absolute Gasteiger partial charge is 0.313 e. The first kappa shape index (κ1) is 12.2. The minimum atomic E-state index is 0.781. The van der Waals surface area contributed by atoms with E-state index in [1.165, 1.54) is 45.1 Å². The quantitative estimate of drug-likeness (QED) is 0.797. The first-order chi connectivity index (χ1) is 8.88. The molecule has 1 N–H and O–H groups in total. The SMILES string of the molecule is CCCCNC1C2CCC1Cc1ccccc1C2. The number of hydrogen-bond donors (Lipinski definition) is 1. The maximum atomic E-state index is 3.86. The van der Waals surface area contributed by atoms with Crippen molar-refractivity contribution in [2.24, 2.45) is 11.8 Å². The van der Waals surface area contributed by atoms with Gasteiger partial charge in [-0.25, -0.2) is 0 Å². The Morgan fingerprint density at radius 1 is 1.06 bits per heavy atom. The van der Waals surface area contributed by atoms with Crippen molar-refractivity contribution >= 4 is 0 Å². The number of unbranched alkanes of at least 4 members (excludes halogenated alkanes) is 1. The molecule has 2 unspecified atom stereocenters. The lowest BCUT2D eigenvalue weighted by Gasteiger charge is -2.23. The molecule has 0 aliphatic heterocycles. The number of rotatable bonds is 4. The van der Waals surface area contributed by atoms with Crippen LogP contribution in [0.4, 0.5) is 0 Å². The highest BCUT2D eigenvalue weighted by Crippen LogP contribution is 2.39. The van der Waals surface area contributed by atoms with Crippen LogP contribution < -0.4 is 5.32 Å². The Kier molecular flexibility index (Phi) is 3.69. The van der Waals surface area contributed by atoms with Gasteiger partial charge in [0.1, 0.15) is 0 Å². The second-order valence-corrected chi connectivity index (χ2v) is 6.11. The summed E-state index contributed by atoms with van der Waals surface area (Å²) in [5, 5.41) is 3.86. The fourth-order valence-corrected chi connectivity index (χ4v) is 3.93. The molecule has 98 valence electrons. The topological polar surface area (TPSA) is 12.0 Å². The van der Waals surface area contributed by atoms with Gasteiger partial charge in [-0.3, -0.25) is 0 Å². The molecule has 0 radical (unpaired) electrons. The predicted octanol–water partition coefficient (Wildman–Crippen LogP) is 3.57. The summed E-state index contributed by atoms with van der Waals surface area (Å²) in [6.07, 6.45) is 8.09. The van der Waals surface area contributed by atoms with Crippen molar-refractivity contribution in [2.75, 3.05) is 6.54 Å². The molecule has 0 aromatic heterocycles. The highest BCUT2D eigenvalue weighted by molar-refractivity contribution is 5.30. The molecular weight excluding hydrogens is 218 g/mol. The molecule has 0 amide bonds. The Morgan fingerprint density at radius 3 is 2.22 bits per heavy atom. The standard InChI is InChI=1S/C17H25N/c1-2-3-10-18-17-15-8-9-16(17)12-14-7-5-4-6-13(14)11-15/h4-7,15-18H,2-3,8-12H2,1H3. The Bertz CT molecular complexity index is 365. The van der Waals surface area contributed by atoms with Gasteiger partial charge in [0.05, 0.1) is 0 Å². The monoisotopic (exact) mass is 243 g/mol. The van der Waals surface area contributed by atoms with Crippen LogP contribution in [0.3, 0.4) is 0 Å². The number of fused-ring (bicyclic) bond motifs is 3. The van der Waals surface area contributed by atoms with Gasteiger partial charge in [0.2, 0.25) is 0 Å².